The number of aryl methyl sites for hydroxylation is 1. The fourth-order valence-corrected chi connectivity index (χ4v) is 1.81. The molecule has 0 aliphatic rings. The summed E-state index contributed by atoms with van der Waals surface area (Å²) in [7, 11) is 0. The minimum absolute atomic E-state index is 0.339. The highest BCUT2D eigenvalue weighted by molar-refractivity contribution is 5.05. The van der Waals surface area contributed by atoms with Gasteiger partial charge in [-0.15, -0.1) is 5.10 Å². The van der Waals surface area contributed by atoms with Crippen molar-refractivity contribution in [3.05, 3.63) is 11.4 Å². The molecule has 80 valence electrons. The Morgan fingerprint density at radius 3 is 2.21 bits per heavy atom. The molecule has 0 N–H and O–H groups in total. The molecule has 0 bridgehead atoms. The van der Waals surface area contributed by atoms with Gasteiger partial charge in [-0.05, 0) is 32.6 Å². The summed E-state index contributed by atoms with van der Waals surface area (Å²) < 4.78 is 2.03. The average molecular weight is 195 g/mol. The number of aromatic nitrogens is 3. The van der Waals surface area contributed by atoms with Crippen LogP contribution >= 0.6 is 0 Å². The largest absolute Gasteiger partial charge is 0.247 e. The highest BCUT2D eigenvalue weighted by Crippen LogP contribution is 2.27. The van der Waals surface area contributed by atoms with Gasteiger partial charge in [-0.3, -0.25) is 0 Å². The molecule has 1 aromatic heterocycles. The molecule has 14 heavy (non-hydrogen) atoms. The molecule has 0 aromatic carbocycles. The van der Waals surface area contributed by atoms with E-state index in [0.717, 1.165) is 12.1 Å². The van der Waals surface area contributed by atoms with Crippen molar-refractivity contribution in [1.82, 2.24) is 15.0 Å². The van der Waals surface area contributed by atoms with Crippen LogP contribution in [0.4, 0.5) is 0 Å². The van der Waals surface area contributed by atoms with Crippen molar-refractivity contribution in [2.45, 2.75) is 54.0 Å². The maximum Gasteiger partial charge on any atom is 0.0825 e. The van der Waals surface area contributed by atoms with E-state index in [9.17, 15) is 0 Å². The molecule has 0 amide bonds. The molecule has 0 aliphatic carbocycles. The van der Waals surface area contributed by atoms with Gasteiger partial charge < -0.3 is 0 Å². The van der Waals surface area contributed by atoms with Crippen molar-refractivity contribution in [3.8, 4) is 0 Å². The summed E-state index contributed by atoms with van der Waals surface area (Å²) in [6.45, 7) is 13.0. The average Bonchev–Trinajstić information content (AvgIpc) is 2.29. The zero-order valence-electron chi connectivity index (χ0n) is 10.1. The van der Waals surface area contributed by atoms with Crippen LogP contribution in [0.1, 0.15) is 51.5 Å². The number of rotatable bonds is 2. The Labute approximate surface area is 86.5 Å². The Kier molecular flexibility index (Phi) is 2.98. The van der Waals surface area contributed by atoms with E-state index in [1.54, 1.807) is 0 Å². The van der Waals surface area contributed by atoms with Crippen LogP contribution in [0.2, 0.25) is 0 Å². The second-order valence-electron chi connectivity index (χ2n) is 5.32. The number of nitrogens with zero attached hydrogens (tertiary/aromatic N) is 3. The molecule has 1 unspecified atom stereocenters. The van der Waals surface area contributed by atoms with Crippen LogP contribution in [0.25, 0.3) is 0 Å². The first-order valence-corrected chi connectivity index (χ1v) is 5.19. The summed E-state index contributed by atoms with van der Waals surface area (Å²) in [6, 6.07) is 0.427. The lowest BCUT2D eigenvalue weighted by Crippen LogP contribution is -2.17. The van der Waals surface area contributed by atoms with Crippen molar-refractivity contribution in [1.29, 1.82) is 0 Å². The first-order valence-electron chi connectivity index (χ1n) is 5.19. The zero-order valence-corrected chi connectivity index (χ0v) is 10.1. The van der Waals surface area contributed by atoms with Crippen LogP contribution in [0.3, 0.4) is 0 Å². The van der Waals surface area contributed by atoms with Crippen molar-refractivity contribution in [2.24, 2.45) is 5.41 Å². The van der Waals surface area contributed by atoms with Gasteiger partial charge in [0.05, 0.1) is 17.4 Å². The molecule has 3 nitrogen and oxygen atoms in total. The topological polar surface area (TPSA) is 30.7 Å². The van der Waals surface area contributed by atoms with E-state index in [0.29, 0.717) is 11.5 Å². The lowest BCUT2D eigenvalue weighted by Gasteiger charge is -2.23. The second-order valence-corrected chi connectivity index (χ2v) is 5.32. The summed E-state index contributed by atoms with van der Waals surface area (Å²) in [5, 5.41) is 8.25. The fourth-order valence-electron chi connectivity index (χ4n) is 1.81. The molecule has 0 saturated heterocycles. The second kappa shape index (κ2) is 3.71. The predicted octanol–water partition coefficient (Wildman–Crippen LogP) is 2.89. The third kappa shape index (κ3) is 2.56. The van der Waals surface area contributed by atoms with Gasteiger partial charge in [0.15, 0.2) is 0 Å². The fraction of sp³-hybridized carbons (Fsp3) is 0.818. The number of hydrogen-bond donors (Lipinski definition) is 0. The van der Waals surface area contributed by atoms with E-state index in [2.05, 4.69) is 44.9 Å². The monoisotopic (exact) mass is 195 g/mol. The lowest BCUT2D eigenvalue weighted by atomic mass is 9.89. The van der Waals surface area contributed by atoms with E-state index < -0.39 is 0 Å². The molecule has 0 spiro atoms. The van der Waals surface area contributed by atoms with Gasteiger partial charge >= 0.3 is 0 Å². The summed E-state index contributed by atoms with van der Waals surface area (Å²) in [5.74, 6) is 0. The molecule has 0 saturated carbocycles. The van der Waals surface area contributed by atoms with E-state index in [-0.39, 0.29) is 0 Å². The van der Waals surface area contributed by atoms with Gasteiger partial charge in [0.2, 0.25) is 0 Å². The number of hydrogen-bond acceptors (Lipinski definition) is 2. The Morgan fingerprint density at radius 1 is 1.29 bits per heavy atom. The van der Waals surface area contributed by atoms with Gasteiger partial charge in [0.1, 0.15) is 0 Å². The zero-order chi connectivity index (χ0) is 10.9. The summed E-state index contributed by atoms with van der Waals surface area (Å²) >= 11 is 0. The van der Waals surface area contributed by atoms with Gasteiger partial charge in [-0.2, -0.15) is 0 Å². The SMILES string of the molecule is Cc1nnn(C(C)CC(C)(C)C)c1C. The van der Waals surface area contributed by atoms with E-state index in [1.165, 1.54) is 5.69 Å². The Morgan fingerprint density at radius 2 is 1.86 bits per heavy atom. The van der Waals surface area contributed by atoms with Crippen molar-refractivity contribution in [2.75, 3.05) is 0 Å². The highest BCUT2D eigenvalue weighted by atomic mass is 15.4. The van der Waals surface area contributed by atoms with E-state index in [1.807, 2.05) is 11.6 Å². The quantitative estimate of drug-likeness (QED) is 0.726. The Bertz CT molecular complexity index is 307. The van der Waals surface area contributed by atoms with Crippen LogP contribution in [-0.2, 0) is 0 Å². The van der Waals surface area contributed by atoms with Crippen molar-refractivity contribution >= 4 is 0 Å². The predicted molar refractivity (Wildman–Crippen MR) is 58.3 cm³/mol. The molecule has 0 aliphatic heterocycles. The van der Waals surface area contributed by atoms with Gasteiger partial charge in [-0.25, -0.2) is 4.68 Å². The summed E-state index contributed by atoms with van der Waals surface area (Å²) in [5.41, 5.74) is 2.55. The molecule has 0 radical (unpaired) electrons. The molecular weight excluding hydrogens is 174 g/mol. The normalized spacial score (nSPS) is 14.4. The maximum atomic E-state index is 4.17. The molecular formula is C11H21N3. The van der Waals surface area contributed by atoms with Gasteiger partial charge in [-0.1, -0.05) is 26.0 Å². The Hall–Kier alpha value is -0.860. The maximum absolute atomic E-state index is 4.17. The van der Waals surface area contributed by atoms with E-state index in [4.69, 9.17) is 0 Å². The van der Waals surface area contributed by atoms with Crippen molar-refractivity contribution in [3.63, 3.8) is 0 Å². The third-order valence-electron chi connectivity index (χ3n) is 2.48. The molecule has 1 aromatic rings. The Balaban J connectivity index is 2.80. The van der Waals surface area contributed by atoms with Crippen LogP contribution < -0.4 is 0 Å². The lowest BCUT2D eigenvalue weighted by molar-refractivity contribution is 0.287. The summed E-state index contributed by atoms with van der Waals surface area (Å²) in [6.07, 6.45) is 1.12. The van der Waals surface area contributed by atoms with E-state index >= 15 is 0 Å². The van der Waals surface area contributed by atoms with Crippen molar-refractivity contribution < 1.29 is 0 Å². The first-order chi connectivity index (χ1) is 6.31. The van der Waals surface area contributed by atoms with Crippen LogP contribution in [0.15, 0.2) is 0 Å². The van der Waals surface area contributed by atoms with Gasteiger partial charge in [0.25, 0.3) is 0 Å². The minimum atomic E-state index is 0.339. The smallest absolute Gasteiger partial charge is 0.0825 e. The summed E-state index contributed by atoms with van der Waals surface area (Å²) in [4.78, 5) is 0. The molecule has 1 rings (SSSR count). The van der Waals surface area contributed by atoms with Gasteiger partial charge in [0, 0.05) is 0 Å². The first kappa shape index (κ1) is 11.2. The highest BCUT2D eigenvalue weighted by Gasteiger charge is 2.18. The molecule has 1 atom stereocenters. The third-order valence-corrected chi connectivity index (χ3v) is 2.48. The molecule has 1 heterocycles. The van der Waals surface area contributed by atoms with Crippen LogP contribution in [-0.4, -0.2) is 15.0 Å². The minimum Gasteiger partial charge on any atom is -0.247 e. The molecule has 0 fully saturated rings. The van der Waals surface area contributed by atoms with Crippen LogP contribution in [0, 0.1) is 19.3 Å². The van der Waals surface area contributed by atoms with Crippen LogP contribution in [0.5, 0.6) is 0 Å². The standard InChI is InChI=1S/C11H21N3/c1-8(7-11(4,5)6)14-10(3)9(2)12-13-14/h8H,7H2,1-6H3. The molecule has 3 heteroatoms.